The van der Waals surface area contributed by atoms with Crippen LogP contribution in [0.3, 0.4) is 0 Å². The van der Waals surface area contributed by atoms with Gasteiger partial charge in [0.05, 0.1) is 0 Å². The van der Waals surface area contributed by atoms with Crippen LogP contribution in [-0.4, -0.2) is 14.6 Å². The molecule has 0 amide bonds. The van der Waals surface area contributed by atoms with Crippen LogP contribution < -0.4 is 5.32 Å². The van der Waals surface area contributed by atoms with Gasteiger partial charge in [-0.1, -0.05) is 35.9 Å². The maximum absolute atomic E-state index is 6.11. The van der Waals surface area contributed by atoms with E-state index in [9.17, 15) is 0 Å². The van der Waals surface area contributed by atoms with E-state index in [0.29, 0.717) is 12.5 Å². The normalized spacial score (nSPS) is 10.8. The van der Waals surface area contributed by atoms with E-state index in [0.717, 1.165) is 21.9 Å². The Morgan fingerprint density at radius 3 is 2.79 bits per heavy atom. The van der Waals surface area contributed by atoms with Crippen LogP contribution in [-0.2, 0) is 6.54 Å². The predicted molar refractivity (Wildman–Crippen MR) is 76.5 cm³/mol. The molecule has 5 heteroatoms. The van der Waals surface area contributed by atoms with Crippen molar-refractivity contribution in [3.63, 3.8) is 0 Å². The first-order valence-corrected chi connectivity index (χ1v) is 6.41. The first-order valence-electron chi connectivity index (χ1n) is 6.04. The number of anilines is 1. The second-order valence-corrected chi connectivity index (χ2v) is 4.72. The Kier molecular flexibility index (Phi) is 3.09. The van der Waals surface area contributed by atoms with Crippen LogP contribution >= 0.6 is 11.6 Å². The average Bonchev–Trinajstić information content (AvgIpc) is 2.82. The van der Waals surface area contributed by atoms with Crippen LogP contribution in [0.15, 0.2) is 42.5 Å². The Morgan fingerprint density at radius 2 is 2.00 bits per heavy atom. The number of halogens is 1. The van der Waals surface area contributed by atoms with Crippen molar-refractivity contribution in [2.24, 2.45) is 0 Å². The lowest BCUT2D eigenvalue weighted by Gasteiger charge is -2.03. The van der Waals surface area contributed by atoms with Gasteiger partial charge in [-0.25, -0.2) is 4.52 Å². The summed E-state index contributed by atoms with van der Waals surface area (Å²) in [5.41, 5.74) is 2.91. The Balaban J connectivity index is 1.83. The van der Waals surface area contributed by atoms with Gasteiger partial charge in [-0.05, 0) is 30.7 Å². The number of hydrogen-bond acceptors (Lipinski definition) is 3. The fraction of sp³-hybridized carbons (Fsp3) is 0.143. The third-order valence-corrected chi connectivity index (χ3v) is 3.31. The molecule has 4 nitrogen and oxygen atoms in total. The molecule has 96 valence electrons. The molecule has 0 aliphatic carbocycles. The van der Waals surface area contributed by atoms with E-state index in [2.05, 4.69) is 15.4 Å². The highest BCUT2D eigenvalue weighted by Crippen LogP contribution is 2.16. The summed E-state index contributed by atoms with van der Waals surface area (Å²) < 4.78 is 1.81. The number of rotatable bonds is 3. The minimum Gasteiger partial charge on any atom is -0.349 e. The van der Waals surface area contributed by atoms with Gasteiger partial charge < -0.3 is 5.32 Å². The van der Waals surface area contributed by atoms with Crippen molar-refractivity contribution in [3.8, 4) is 0 Å². The third-order valence-electron chi connectivity index (χ3n) is 2.94. The van der Waals surface area contributed by atoms with Gasteiger partial charge in [0.25, 0.3) is 0 Å². The standard InChI is InChI=1S/C14H13ClN4/c1-10-5-4-8-13-17-14(18-19(10)13)16-9-11-6-2-3-7-12(11)15/h2-8H,9H2,1H3,(H,16,18). The molecule has 0 atom stereocenters. The predicted octanol–water partition coefficient (Wildman–Crippen LogP) is 3.30. The largest absolute Gasteiger partial charge is 0.349 e. The summed E-state index contributed by atoms with van der Waals surface area (Å²) in [6.07, 6.45) is 0. The summed E-state index contributed by atoms with van der Waals surface area (Å²) in [5, 5.41) is 8.34. The molecule has 0 saturated carbocycles. The lowest BCUT2D eigenvalue weighted by molar-refractivity contribution is 0.909. The molecule has 3 aromatic rings. The molecule has 3 rings (SSSR count). The van der Waals surface area contributed by atoms with E-state index in [4.69, 9.17) is 11.6 Å². The molecule has 0 spiro atoms. The summed E-state index contributed by atoms with van der Waals surface area (Å²) >= 11 is 6.11. The topological polar surface area (TPSA) is 42.2 Å². The molecule has 2 heterocycles. The summed E-state index contributed by atoms with van der Waals surface area (Å²) in [4.78, 5) is 4.42. The van der Waals surface area contributed by atoms with Crippen molar-refractivity contribution in [2.45, 2.75) is 13.5 Å². The van der Waals surface area contributed by atoms with E-state index < -0.39 is 0 Å². The first-order chi connectivity index (χ1) is 9.24. The zero-order valence-corrected chi connectivity index (χ0v) is 11.2. The van der Waals surface area contributed by atoms with Gasteiger partial charge in [-0.2, -0.15) is 4.98 Å². The second kappa shape index (κ2) is 4.90. The summed E-state index contributed by atoms with van der Waals surface area (Å²) in [7, 11) is 0. The Labute approximate surface area is 116 Å². The molecule has 0 aliphatic heterocycles. The molecule has 0 saturated heterocycles. The molecule has 1 N–H and O–H groups in total. The van der Waals surface area contributed by atoms with E-state index in [1.165, 1.54) is 0 Å². The maximum Gasteiger partial charge on any atom is 0.243 e. The quantitative estimate of drug-likeness (QED) is 0.795. The number of fused-ring (bicyclic) bond motifs is 1. The minimum atomic E-state index is 0.606. The fourth-order valence-corrected chi connectivity index (χ4v) is 2.13. The monoisotopic (exact) mass is 272 g/mol. The number of pyridine rings is 1. The van der Waals surface area contributed by atoms with Gasteiger partial charge in [0.1, 0.15) is 0 Å². The van der Waals surface area contributed by atoms with E-state index in [-0.39, 0.29) is 0 Å². The van der Waals surface area contributed by atoms with E-state index in [1.807, 2.05) is 53.9 Å². The molecule has 0 fully saturated rings. The SMILES string of the molecule is Cc1cccc2nc(NCc3ccccc3Cl)nn12. The number of aromatic nitrogens is 3. The van der Waals surface area contributed by atoms with Crippen LogP contribution in [0.4, 0.5) is 5.95 Å². The summed E-state index contributed by atoms with van der Waals surface area (Å²) in [6, 6.07) is 13.6. The molecule has 0 bridgehead atoms. The molecule has 0 unspecified atom stereocenters. The third kappa shape index (κ3) is 2.39. The highest BCUT2D eigenvalue weighted by atomic mass is 35.5. The Hall–Kier alpha value is -2.07. The van der Waals surface area contributed by atoms with Crippen molar-refractivity contribution >= 4 is 23.2 Å². The number of nitrogens with zero attached hydrogens (tertiary/aromatic N) is 3. The van der Waals surface area contributed by atoms with Gasteiger partial charge in [0.15, 0.2) is 5.65 Å². The molecular weight excluding hydrogens is 260 g/mol. The molecular formula is C14H13ClN4. The Bertz CT molecular complexity index is 720. The zero-order chi connectivity index (χ0) is 13.2. The lowest BCUT2D eigenvalue weighted by atomic mass is 10.2. The van der Waals surface area contributed by atoms with Crippen molar-refractivity contribution in [2.75, 3.05) is 5.32 Å². The van der Waals surface area contributed by atoms with Gasteiger partial charge in [0.2, 0.25) is 5.95 Å². The molecule has 0 radical (unpaired) electrons. The number of benzene rings is 1. The number of nitrogens with one attached hydrogen (secondary N) is 1. The minimum absolute atomic E-state index is 0.606. The highest BCUT2D eigenvalue weighted by Gasteiger charge is 2.05. The van der Waals surface area contributed by atoms with Crippen LogP contribution in [0.1, 0.15) is 11.3 Å². The van der Waals surface area contributed by atoms with Crippen molar-refractivity contribution in [1.29, 1.82) is 0 Å². The van der Waals surface area contributed by atoms with Crippen molar-refractivity contribution in [3.05, 3.63) is 58.7 Å². The molecule has 2 aromatic heterocycles. The maximum atomic E-state index is 6.11. The highest BCUT2D eigenvalue weighted by molar-refractivity contribution is 6.31. The smallest absolute Gasteiger partial charge is 0.243 e. The number of aryl methyl sites for hydroxylation is 1. The van der Waals surface area contributed by atoms with Crippen LogP contribution in [0, 0.1) is 6.92 Å². The average molecular weight is 273 g/mol. The second-order valence-electron chi connectivity index (χ2n) is 4.32. The summed E-state index contributed by atoms with van der Waals surface area (Å²) in [5.74, 6) is 0.606. The van der Waals surface area contributed by atoms with E-state index >= 15 is 0 Å². The fourth-order valence-electron chi connectivity index (χ4n) is 1.93. The summed E-state index contributed by atoms with van der Waals surface area (Å²) in [6.45, 7) is 2.61. The first kappa shape index (κ1) is 12.0. The van der Waals surface area contributed by atoms with Crippen molar-refractivity contribution in [1.82, 2.24) is 14.6 Å². The van der Waals surface area contributed by atoms with Gasteiger partial charge >= 0.3 is 0 Å². The molecule has 19 heavy (non-hydrogen) atoms. The number of hydrogen-bond donors (Lipinski definition) is 1. The van der Waals surface area contributed by atoms with Gasteiger partial charge in [-0.3, -0.25) is 0 Å². The van der Waals surface area contributed by atoms with Crippen LogP contribution in [0.5, 0.6) is 0 Å². The van der Waals surface area contributed by atoms with Crippen LogP contribution in [0.2, 0.25) is 5.02 Å². The van der Waals surface area contributed by atoms with Crippen molar-refractivity contribution < 1.29 is 0 Å². The van der Waals surface area contributed by atoms with E-state index in [1.54, 1.807) is 0 Å². The lowest BCUT2D eigenvalue weighted by Crippen LogP contribution is -2.02. The Morgan fingerprint density at radius 1 is 1.16 bits per heavy atom. The van der Waals surface area contributed by atoms with Gasteiger partial charge in [0, 0.05) is 17.3 Å². The van der Waals surface area contributed by atoms with Gasteiger partial charge in [-0.15, -0.1) is 5.10 Å². The molecule has 0 aliphatic rings. The van der Waals surface area contributed by atoms with Crippen LogP contribution in [0.25, 0.3) is 5.65 Å². The zero-order valence-electron chi connectivity index (χ0n) is 10.5. The molecule has 1 aromatic carbocycles.